The zero-order valence-electron chi connectivity index (χ0n) is 5.79. The van der Waals surface area contributed by atoms with Gasteiger partial charge in [-0.05, 0) is 12.1 Å². The van der Waals surface area contributed by atoms with E-state index in [1.54, 1.807) is 24.3 Å². The molecule has 12 heavy (non-hydrogen) atoms. The predicted molar refractivity (Wildman–Crippen MR) is 32.5 cm³/mol. The van der Waals surface area contributed by atoms with E-state index in [1.807, 2.05) is 6.07 Å². The van der Waals surface area contributed by atoms with Gasteiger partial charge in [-0.1, -0.05) is 18.2 Å². The molecule has 1 rings (SSSR count). The number of rotatable bonds is 0. The van der Waals surface area contributed by atoms with Crippen molar-refractivity contribution >= 4 is 0 Å². The molecule has 0 unspecified atom stereocenters. The Labute approximate surface area is 73.0 Å². The Morgan fingerprint density at radius 1 is 0.917 bits per heavy atom. The van der Waals surface area contributed by atoms with Crippen LogP contribution in [0.3, 0.4) is 0 Å². The molecule has 0 saturated heterocycles. The molecule has 1 aromatic rings. The number of hydrogen-bond acceptors (Lipinski definition) is 1. The van der Waals surface area contributed by atoms with E-state index in [0.29, 0.717) is 5.75 Å². The number of benzene rings is 1. The van der Waals surface area contributed by atoms with E-state index in [1.165, 1.54) is 0 Å². The van der Waals surface area contributed by atoms with Crippen LogP contribution in [-0.2, 0) is 19.3 Å². The van der Waals surface area contributed by atoms with Crippen LogP contribution in [0.4, 0.5) is 12.1 Å². The maximum atomic E-state index is 9.89. The van der Waals surface area contributed by atoms with Crippen molar-refractivity contribution in [3.05, 3.63) is 30.3 Å². The number of phenolic OH excluding ortho intramolecular Hbond substituents is 1. The molecule has 0 radical (unpaired) electrons. The summed E-state index contributed by atoms with van der Waals surface area (Å²) in [6.07, 6.45) is 0. The zero-order chi connectivity index (χ0) is 9.61. The molecule has 69 valence electrons. The third-order valence-electron chi connectivity index (χ3n) is 0.756. The Bertz CT molecular complexity index is 205. The fourth-order valence-electron chi connectivity index (χ4n) is 0.428. The Balaban J connectivity index is 0.000000217. The van der Waals surface area contributed by atoms with Gasteiger partial charge in [0.05, 0.1) is 0 Å². The van der Waals surface area contributed by atoms with Crippen molar-refractivity contribution in [2.45, 2.75) is 0 Å². The molecule has 1 nitrogen and oxygen atoms in total. The van der Waals surface area contributed by atoms with Crippen molar-refractivity contribution in [1.82, 2.24) is 0 Å². The Kier molecular flexibility index (Phi) is 4.96. The Hall–Kier alpha value is -0.520. The third-order valence-corrected chi connectivity index (χ3v) is 0.756. The van der Waals surface area contributed by atoms with Crippen LogP contribution in [0, 0.1) is 0 Å². The Morgan fingerprint density at radius 3 is 1.42 bits per heavy atom. The molecule has 1 aromatic carbocycles. The van der Waals surface area contributed by atoms with Gasteiger partial charge in [0.1, 0.15) is 5.75 Å². The van der Waals surface area contributed by atoms with E-state index in [9.17, 15) is 12.1 Å². The van der Waals surface area contributed by atoms with Gasteiger partial charge in [-0.3, -0.25) is 0 Å². The second kappa shape index (κ2) is 5.18. The zero-order valence-corrected chi connectivity index (χ0v) is 7.99. The average molecular weight is 263 g/mol. The first-order valence-corrected chi connectivity index (χ1v) is 6.13. The van der Waals surface area contributed by atoms with Crippen molar-refractivity contribution < 1.29 is 36.5 Å². The molecular formula is C6H6F4NbO. The first kappa shape index (κ1) is 11.5. The fraction of sp³-hybridized carbons (Fsp3) is 0. The number of hydrogen-bond donors (Lipinski definition) is 1. The summed E-state index contributed by atoms with van der Waals surface area (Å²) < 4.78 is 39.6. The van der Waals surface area contributed by atoms with Crippen LogP contribution in [0.25, 0.3) is 0 Å². The third kappa shape index (κ3) is 12.2. The molecular weight excluding hydrogens is 257 g/mol. The molecule has 0 aliphatic rings. The summed E-state index contributed by atoms with van der Waals surface area (Å²) in [5.41, 5.74) is 0. The topological polar surface area (TPSA) is 20.2 Å². The summed E-state index contributed by atoms with van der Waals surface area (Å²) in [4.78, 5) is 0. The monoisotopic (exact) mass is 263 g/mol. The van der Waals surface area contributed by atoms with Gasteiger partial charge >= 0.3 is 31.4 Å². The predicted octanol–water partition coefficient (Wildman–Crippen LogP) is 3.07. The quantitative estimate of drug-likeness (QED) is 0.563. The average Bonchev–Trinajstić information content (AvgIpc) is 1.85. The van der Waals surface area contributed by atoms with Crippen LogP contribution < -0.4 is 0 Å². The number of phenols is 1. The van der Waals surface area contributed by atoms with E-state index in [4.69, 9.17) is 5.11 Å². The van der Waals surface area contributed by atoms with Gasteiger partial charge in [-0.2, -0.15) is 0 Å². The Morgan fingerprint density at radius 2 is 1.25 bits per heavy atom. The van der Waals surface area contributed by atoms with Crippen LogP contribution in [-0.4, -0.2) is 5.11 Å². The SMILES string of the molecule is Oc1ccccc1.[F][Nb]([F])([F])[F]. The van der Waals surface area contributed by atoms with E-state index < -0.39 is 19.3 Å². The fourth-order valence-corrected chi connectivity index (χ4v) is 0.428. The van der Waals surface area contributed by atoms with Gasteiger partial charge in [-0.15, -0.1) is 0 Å². The van der Waals surface area contributed by atoms with Gasteiger partial charge in [0, 0.05) is 0 Å². The summed E-state index contributed by atoms with van der Waals surface area (Å²) in [6, 6.07) is 8.71. The van der Waals surface area contributed by atoms with Crippen molar-refractivity contribution in [1.29, 1.82) is 0 Å². The van der Waals surface area contributed by atoms with Crippen molar-refractivity contribution in [2.75, 3.05) is 0 Å². The maximum absolute atomic E-state index is 9.89. The first-order chi connectivity index (χ1) is 5.39. The van der Waals surface area contributed by atoms with Crippen LogP contribution in [0.1, 0.15) is 0 Å². The van der Waals surface area contributed by atoms with Crippen LogP contribution in [0.15, 0.2) is 30.3 Å². The number of para-hydroxylation sites is 1. The van der Waals surface area contributed by atoms with Crippen LogP contribution in [0.5, 0.6) is 5.75 Å². The second-order valence-corrected chi connectivity index (χ2v) is 3.60. The standard InChI is InChI=1S/C6H6O.4FH.Nb/c7-6-4-2-1-3-5-6;;;;;/h1-5,7H;4*1H;/q;;;;;+4/p-4. The van der Waals surface area contributed by atoms with Gasteiger partial charge < -0.3 is 5.11 Å². The molecule has 0 aliphatic heterocycles. The van der Waals surface area contributed by atoms with Crippen molar-refractivity contribution in [2.24, 2.45) is 0 Å². The molecule has 1 N–H and O–H groups in total. The molecule has 0 bridgehead atoms. The number of halogens is 4. The molecule has 0 spiro atoms. The normalized spacial score (nSPS) is 10.0. The van der Waals surface area contributed by atoms with E-state index in [0.717, 1.165) is 0 Å². The molecule has 0 aromatic heterocycles. The summed E-state index contributed by atoms with van der Waals surface area (Å²) in [5.74, 6) is 0.322. The van der Waals surface area contributed by atoms with E-state index in [-0.39, 0.29) is 0 Å². The van der Waals surface area contributed by atoms with E-state index >= 15 is 0 Å². The van der Waals surface area contributed by atoms with Crippen LogP contribution >= 0.6 is 0 Å². The second-order valence-electron chi connectivity index (χ2n) is 1.72. The van der Waals surface area contributed by atoms with Gasteiger partial charge in [0.15, 0.2) is 0 Å². The summed E-state index contributed by atoms with van der Waals surface area (Å²) >= 11 is -7.10. The minimum absolute atomic E-state index is 0.322. The summed E-state index contributed by atoms with van der Waals surface area (Å²) in [7, 11) is 0. The van der Waals surface area contributed by atoms with Gasteiger partial charge in [0.25, 0.3) is 0 Å². The molecule has 0 heterocycles. The van der Waals surface area contributed by atoms with Gasteiger partial charge in [-0.25, -0.2) is 0 Å². The molecule has 0 aliphatic carbocycles. The minimum atomic E-state index is -7.10. The molecule has 6 heteroatoms. The summed E-state index contributed by atoms with van der Waals surface area (Å²) in [5, 5.41) is 8.63. The number of aromatic hydroxyl groups is 1. The molecule has 0 atom stereocenters. The molecule has 0 amide bonds. The van der Waals surface area contributed by atoms with Crippen molar-refractivity contribution in [3.8, 4) is 5.75 Å². The summed E-state index contributed by atoms with van der Waals surface area (Å²) in [6.45, 7) is 0. The molecule has 0 fully saturated rings. The molecule has 0 saturated carbocycles. The van der Waals surface area contributed by atoms with Crippen LogP contribution in [0.2, 0.25) is 0 Å². The van der Waals surface area contributed by atoms with E-state index in [2.05, 4.69) is 0 Å². The first-order valence-electron chi connectivity index (χ1n) is 2.81. The van der Waals surface area contributed by atoms with Gasteiger partial charge in [0.2, 0.25) is 0 Å². The van der Waals surface area contributed by atoms with Crippen molar-refractivity contribution in [3.63, 3.8) is 0 Å².